The molecule has 1 aliphatic rings. The number of benzene rings is 1. The Kier molecular flexibility index (Phi) is 2.15. The minimum Gasteiger partial charge on any atom is -0.496 e. The molecule has 0 bridgehead atoms. The van der Waals surface area contributed by atoms with E-state index in [-0.39, 0.29) is 0 Å². The molecule has 0 unspecified atom stereocenters. The second kappa shape index (κ2) is 3.64. The van der Waals surface area contributed by atoms with Crippen LogP contribution in [0, 0.1) is 0 Å². The number of fused-ring (bicyclic) bond motifs is 1. The standard InChI is InChI=1S/C12H13N3O/c1-16-11-5-3-2-4-8(11)12-9-6-13-7-10(9)14-15-12/h2-5,13H,6-7H2,1H3,(H,14,15). The van der Waals surface area contributed by atoms with Gasteiger partial charge in [-0.25, -0.2) is 0 Å². The first-order valence-corrected chi connectivity index (χ1v) is 5.30. The van der Waals surface area contributed by atoms with Crippen LogP contribution in [0.3, 0.4) is 0 Å². The van der Waals surface area contributed by atoms with Crippen LogP contribution in [0.15, 0.2) is 24.3 Å². The van der Waals surface area contributed by atoms with Gasteiger partial charge in [0.25, 0.3) is 0 Å². The summed E-state index contributed by atoms with van der Waals surface area (Å²) in [7, 11) is 1.68. The van der Waals surface area contributed by atoms with Crippen LogP contribution in [-0.2, 0) is 13.1 Å². The second-order valence-electron chi connectivity index (χ2n) is 3.83. The van der Waals surface area contributed by atoms with Crippen molar-refractivity contribution in [2.45, 2.75) is 13.1 Å². The van der Waals surface area contributed by atoms with Crippen molar-refractivity contribution in [2.75, 3.05) is 7.11 Å². The number of para-hydroxylation sites is 1. The molecule has 0 radical (unpaired) electrons. The summed E-state index contributed by atoms with van der Waals surface area (Å²) in [6, 6.07) is 7.96. The Labute approximate surface area is 93.6 Å². The molecular weight excluding hydrogens is 202 g/mol. The maximum Gasteiger partial charge on any atom is 0.128 e. The Hall–Kier alpha value is -1.81. The van der Waals surface area contributed by atoms with Crippen LogP contribution in [-0.4, -0.2) is 17.3 Å². The maximum absolute atomic E-state index is 5.35. The summed E-state index contributed by atoms with van der Waals surface area (Å²) < 4.78 is 5.35. The van der Waals surface area contributed by atoms with Gasteiger partial charge in [-0.2, -0.15) is 5.10 Å². The van der Waals surface area contributed by atoms with Crippen LogP contribution in [0.25, 0.3) is 11.3 Å². The van der Waals surface area contributed by atoms with E-state index >= 15 is 0 Å². The highest BCUT2D eigenvalue weighted by Crippen LogP contribution is 2.33. The average Bonchev–Trinajstić information content (AvgIpc) is 2.91. The van der Waals surface area contributed by atoms with Crippen LogP contribution in [0.4, 0.5) is 0 Å². The van der Waals surface area contributed by atoms with Crippen molar-refractivity contribution in [3.63, 3.8) is 0 Å². The molecule has 0 saturated carbocycles. The van der Waals surface area contributed by atoms with Gasteiger partial charge in [0, 0.05) is 24.2 Å². The number of hydrogen-bond donors (Lipinski definition) is 2. The van der Waals surface area contributed by atoms with Crippen LogP contribution < -0.4 is 10.1 Å². The van der Waals surface area contributed by atoms with Crippen molar-refractivity contribution >= 4 is 0 Å². The predicted molar refractivity (Wildman–Crippen MR) is 61.1 cm³/mol. The van der Waals surface area contributed by atoms with Gasteiger partial charge < -0.3 is 10.1 Å². The van der Waals surface area contributed by atoms with Gasteiger partial charge in [0.2, 0.25) is 0 Å². The predicted octanol–water partition coefficient (Wildman–Crippen LogP) is 1.69. The van der Waals surface area contributed by atoms with E-state index in [4.69, 9.17) is 4.74 Å². The highest BCUT2D eigenvalue weighted by Gasteiger charge is 2.20. The first kappa shape index (κ1) is 9.42. The van der Waals surface area contributed by atoms with Crippen molar-refractivity contribution in [2.24, 2.45) is 0 Å². The molecule has 2 N–H and O–H groups in total. The molecule has 0 spiro atoms. The zero-order valence-corrected chi connectivity index (χ0v) is 9.08. The summed E-state index contributed by atoms with van der Waals surface area (Å²) in [5.74, 6) is 0.865. The molecule has 3 rings (SSSR count). The Morgan fingerprint density at radius 1 is 1.25 bits per heavy atom. The Morgan fingerprint density at radius 3 is 3.00 bits per heavy atom. The third-order valence-corrected chi connectivity index (χ3v) is 2.92. The van der Waals surface area contributed by atoms with E-state index in [0.29, 0.717) is 0 Å². The van der Waals surface area contributed by atoms with E-state index in [1.807, 2.05) is 24.3 Å². The summed E-state index contributed by atoms with van der Waals surface area (Å²) in [5.41, 5.74) is 4.48. The largest absolute Gasteiger partial charge is 0.496 e. The van der Waals surface area contributed by atoms with Gasteiger partial charge in [-0.3, -0.25) is 5.10 Å². The molecule has 0 aliphatic carbocycles. The topological polar surface area (TPSA) is 49.9 Å². The van der Waals surface area contributed by atoms with Crippen molar-refractivity contribution in [3.8, 4) is 17.0 Å². The highest BCUT2D eigenvalue weighted by atomic mass is 16.5. The summed E-state index contributed by atoms with van der Waals surface area (Å²) in [6.45, 7) is 1.75. The number of aromatic amines is 1. The lowest BCUT2D eigenvalue weighted by atomic mass is 10.1. The Morgan fingerprint density at radius 2 is 2.12 bits per heavy atom. The van der Waals surface area contributed by atoms with Crippen molar-refractivity contribution in [1.29, 1.82) is 0 Å². The Balaban J connectivity index is 2.15. The van der Waals surface area contributed by atoms with Gasteiger partial charge in [0.1, 0.15) is 11.4 Å². The van der Waals surface area contributed by atoms with Crippen LogP contribution in [0.1, 0.15) is 11.3 Å². The van der Waals surface area contributed by atoms with E-state index in [2.05, 4.69) is 15.5 Å². The molecular formula is C12H13N3O. The lowest BCUT2D eigenvalue weighted by Crippen LogP contribution is -2.03. The van der Waals surface area contributed by atoms with Crippen molar-refractivity contribution < 1.29 is 4.74 Å². The molecule has 0 fully saturated rings. The molecule has 2 heterocycles. The van der Waals surface area contributed by atoms with Gasteiger partial charge in [0.05, 0.1) is 12.8 Å². The first-order valence-electron chi connectivity index (χ1n) is 5.30. The molecule has 16 heavy (non-hydrogen) atoms. The molecule has 0 saturated heterocycles. The molecule has 0 amide bonds. The molecule has 1 aromatic carbocycles. The maximum atomic E-state index is 5.35. The van der Waals surface area contributed by atoms with Crippen LogP contribution in [0.5, 0.6) is 5.75 Å². The van der Waals surface area contributed by atoms with E-state index < -0.39 is 0 Å². The summed E-state index contributed by atoms with van der Waals surface area (Å²) >= 11 is 0. The molecule has 2 aromatic rings. The van der Waals surface area contributed by atoms with Gasteiger partial charge >= 0.3 is 0 Å². The summed E-state index contributed by atoms with van der Waals surface area (Å²) in [4.78, 5) is 0. The first-order chi connectivity index (χ1) is 7.90. The van der Waals surface area contributed by atoms with Gasteiger partial charge in [-0.15, -0.1) is 0 Å². The number of aromatic nitrogens is 2. The fourth-order valence-corrected chi connectivity index (χ4v) is 2.11. The van der Waals surface area contributed by atoms with Crippen LogP contribution >= 0.6 is 0 Å². The molecule has 1 aromatic heterocycles. The van der Waals surface area contributed by atoms with E-state index in [1.165, 1.54) is 11.3 Å². The van der Waals surface area contributed by atoms with Crippen molar-refractivity contribution in [3.05, 3.63) is 35.5 Å². The SMILES string of the molecule is COc1ccccc1-c1n[nH]c2c1CNC2. The third-order valence-electron chi connectivity index (χ3n) is 2.92. The van der Waals surface area contributed by atoms with Crippen molar-refractivity contribution in [1.82, 2.24) is 15.5 Å². The number of H-pyrrole nitrogens is 1. The smallest absolute Gasteiger partial charge is 0.128 e. The molecule has 0 atom stereocenters. The molecule has 82 valence electrons. The zero-order valence-electron chi connectivity index (χ0n) is 9.08. The Bertz CT molecular complexity index is 519. The van der Waals surface area contributed by atoms with Crippen LogP contribution in [0.2, 0.25) is 0 Å². The average molecular weight is 215 g/mol. The zero-order chi connectivity index (χ0) is 11.0. The number of rotatable bonds is 2. The fraction of sp³-hybridized carbons (Fsp3) is 0.250. The second-order valence-corrected chi connectivity index (χ2v) is 3.83. The highest BCUT2D eigenvalue weighted by molar-refractivity contribution is 5.71. The lowest BCUT2D eigenvalue weighted by molar-refractivity contribution is 0.416. The number of hydrogen-bond acceptors (Lipinski definition) is 3. The third kappa shape index (κ3) is 1.31. The fourth-order valence-electron chi connectivity index (χ4n) is 2.11. The number of methoxy groups -OCH3 is 1. The minimum atomic E-state index is 0.865. The van der Waals surface area contributed by atoms with E-state index in [1.54, 1.807) is 7.11 Å². The lowest BCUT2D eigenvalue weighted by Gasteiger charge is -2.06. The van der Waals surface area contributed by atoms with E-state index in [9.17, 15) is 0 Å². The quantitative estimate of drug-likeness (QED) is 0.801. The monoisotopic (exact) mass is 215 g/mol. The number of nitrogens with zero attached hydrogens (tertiary/aromatic N) is 1. The van der Waals surface area contributed by atoms with Gasteiger partial charge in [-0.1, -0.05) is 12.1 Å². The number of nitrogens with one attached hydrogen (secondary N) is 2. The molecule has 4 heteroatoms. The normalized spacial score (nSPS) is 13.8. The molecule has 4 nitrogen and oxygen atoms in total. The number of ether oxygens (including phenoxy) is 1. The summed E-state index contributed by atoms with van der Waals surface area (Å²) in [5, 5.41) is 10.7. The van der Waals surface area contributed by atoms with E-state index in [0.717, 1.165) is 30.1 Å². The van der Waals surface area contributed by atoms with Gasteiger partial charge in [0.15, 0.2) is 0 Å². The molecule has 1 aliphatic heterocycles. The van der Waals surface area contributed by atoms with Gasteiger partial charge in [-0.05, 0) is 12.1 Å². The summed E-state index contributed by atoms with van der Waals surface area (Å²) in [6.07, 6.45) is 0. The minimum absolute atomic E-state index is 0.865.